The number of hydrogen-bond acceptors (Lipinski definition) is 3. The van der Waals surface area contributed by atoms with Gasteiger partial charge in [-0.2, -0.15) is 0 Å². The quantitative estimate of drug-likeness (QED) is 0.859. The lowest BCUT2D eigenvalue weighted by atomic mass is 9.38. The van der Waals surface area contributed by atoms with Gasteiger partial charge in [0.1, 0.15) is 11.4 Å². The van der Waals surface area contributed by atoms with E-state index >= 15 is 0 Å². The van der Waals surface area contributed by atoms with Crippen LogP contribution in [0, 0.1) is 16.6 Å². The molecule has 1 aliphatic heterocycles. The fraction of sp³-hybridized carbons (Fsp3) is 0.625. The highest BCUT2D eigenvalue weighted by atomic mass is 19.1. The van der Waals surface area contributed by atoms with E-state index in [0.29, 0.717) is 18.8 Å². The van der Waals surface area contributed by atoms with Crippen LogP contribution in [0.2, 0.25) is 0 Å². The van der Waals surface area contributed by atoms with Gasteiger partial charge in [-0.1, -0.05) is 39.8 Å². The van der Waals surface area contributed by atoms with Crippen molar-refractivity contribution in [3.05, 3.63) is 35.6 Å². The average Bonchev–Trinajstić information content (AvgIpc) is 2.89. The van der Waals surface area contributed by atoms with E-state index in [0.717, 1.165) is 0 Å². The number of halogens is 1. The van der Waals surface area contributed by atoms with Crippen LogP contribution < -0.4 is 0 Å². The summed E-state index contributed by atoms with van der Waals surface area (Å²) in [6, 6.07) is 6.15. The summed E-state index contributed by atoms with van der Waals surface area (Å²) in [6.07, 6.45) is 0. The topological polar surface area (TPSA) is 38.7 Å². The zero-order valence-corrected chi connectivity index (χ0v) is 12.4. The standard InChI is InChI=1S/C16H21FO3/c1-13(2)15(18,11-6-5-7-12(17)10-11)14(3,4)16(13)19-8-9-20-16/h5-7,10,18H,8-9H2,1-4H3. The summed E-state index contributed by atoms with van der Waals surface area (Å²) in [4.78, 5) is 0. The first kappa shape index (κ1) is 14.0. The van der Waals surface area contributed by atoms with E-state index in [1.54, 1.807) is 12.1 Å². The number of hydrogen-bond donors (Lipinski definition) is 1. The SMILES string of the molecule is CC1(C)C2(OCCO2)C(C)(C)C1(O)c1cccc(F)c1. The van der Waals surface area contributed by atoms with E-state index in [4.69, 9.17) is 9.47 Å². The molecule has 1 spiro atoms. The Morgan fingerprint density at radius 2 is 1.60 bits per heavy atom. The Morgan fingerprint density at radius 1 is 1.05 bits per heavy atom. The predicted octanol–water partition coefficient (Wildman–Crippen LogP) is 2.82. The second kappa shape index (κ2) is 3.81. The molecule has 0 bridgehead atoms. The summed E-state index contributed by atoms with van der Waals surface area (Å²) in [5.41, 5.74) is -1.99. The lowest BCUT2D eigenvalue weighted by Crippen LogP contribution is -2.82. The fourth-order valence-electron chi connectivity index (χ4n) is 4.55. The van der Waals surface area contributed by atoms with Crippen LogP contribution in [0.25, 0.3) is 0 Å². The molecular formula is C16H21FO3. The molecule has 0 atom stereocenters. The highest BCUT2D eigenvalue weighted by Crippen LogP contribution is 2.75. The third-order valence-corrected chi connectivity index (χ3v) is 5.39. The van der Waals surface area contributed by atoms with Gasteiger partial charge in [-0.25, -0.2) is 4.39 Å². The Kier molecular flexibility index (Phi) is 2.67. The first-order valence-electron chi connectivity index (χ1n) is 6.97. The molecule has 2 aliphatic rings. The number of benzene rings is 1. The predicted molar refractivity (Wildman–Crippen MR) is 72.5 cm³/mol. The van der Waals surface area contributed by atoms with Crippen molar-refractivity contribution in [3.8, 4) is 0 Å². The number of rotatable bonds is 1. The number of ether oxygens (including phenoxy) is 2. The molecule has 2 fully saturated rings. The highest BCUT2D eigenvalue weighted by Gasteiger charge is 2.84. The molecule has 0 radical (unpaired) electrons. The van der Waals surface area contributed by atoms with Crippen molar-refractivity contribution in [2.45, 2.75) is 39.1 Å². The first-order valence-corrected chi connectivity index (χ1v) is 6.97. The van der Waals surface area contributed by atoms with Crippen molar-refractivity contribution in [1.29, 1.82) is 0 Å². The van der Waals surface area contributed by atoms with Crippen LogP contribution in [-0.2, 0) is 15.1 Å². The van der Waals surface area contributed by atoms with Gasteiger partial charge < -0.3 is 14.6 Å². The average molecular weight is 280 g/mol. The van der Waals surface area contributed by atoms with Crippen LogP contribution in [-0.4, -0.2) is 24.1 Å². The third-order valence-electron chi connectivity index (χ3n) is 5.39. The van der Waals surface area contributed by atoms with Crippen LogP contribution in [0.1, 0.15) is 33.3 Å². The first-order chi connectivity index (χ1) is 9.21. The Hall–Kier alpha value is -0.970. The molecule has 3 nitrogen and oxygen atoms in total. The molecule has 1 heterocycles. The zero-order valence-electron chi connectivity index (χ0n) is 12.4. The van der Waals surface area contributed by atoms with E-state index in [1.807, 2.05) is 27.7 Å². The summed E-state index contributed by atoms with van der Waals surface area (Å²) < 4.78 is 25.3. The molecule has 3 rings (SSSR count). The maximum atomic E-state index is 13.6. The smallest absolute Gasteiger partial charge is 0.184 e. The molecular weight excluding hydrogens is 259 g/mol. The van der Waals surface area contributed by atoms with Crippen molar-refractivity contribution in [2.75, 3.05) is 13.2 Å². The van der Waals surface area contributed by atoms with E-state index in [-0.39, 0.29) is 5.82 Å². The van der Waals surface area contributed by atoms with E-state index < -0.39 is 22.2 Å². The maximum Gasteiger partial charge on any atom is 0.184 e. The maximum absolute atomic E-state index is 13.6. The fourth-order valence-corrected chi connectivity index (χ4v) is 4.55. The highest BCUT2D eigenvalue weighted by molar-refractivity contribution is 5.38. The Balaban J connectivity index is 2.15. The monoisotopic (exact) mass is 280 g/mol. The molecule has 1 aromatic rings. The second-order valence-electron chi connectivity index (χ2n) is 6.78. The van der Waals surface area contributed by atoms with Gasteiger partial charge in [-0.05, 0) is 17.7 Å². The van der Waals surface area contributed by atoms with Gasteiger partial charge in [0.25, 0.3) is 0 Å². The van der Waals surface area contributed by atoms with Gasteiger partial charge in [-0.3, -0.25) is 0 Å². The Morgan fingerprint density at radius 3 is 2.10 bits per heavy atom. The molecule has 1 aliphatic carbocycles. The van der Waals surface area contributed by atoms with Gasteiger partial charge in [0.15, 0.2) is 5.79 Å². The molecule has 110 valence electrons. The molecule has 20 heavy (non-hydrogen) atoms. The molecule has 4 heteroatoms. The Bertz CT molecular complexity index is 526. The Labute approximate surface area is 118 Å². The van der Waals surface area contributed by atoms with Crippen molar-refractivity contribution < 1.29 is 19.0 Å². The summed E-state index contributed by atoms with van der Waals surface area (Å²) in [6.45, 7) is 8.68. The second-order valence-corrected chi connectivity index (χ2v) is 6.78. The largest absolute Gasteiger partial charge is 0.384 e. The molecule has 0 aromatic heterocycles. The summed E-state index contributed by atoms with van der Waals surface area (Å²) in [5, 5.41) is 11.4. The van der Waals surface area contributed by atoms with E-state index in [2.05, 4.69) is 0 Å². The van der Waals surface area contributed by atoms with Crippen LogP contribution in [0.5, 0.6) is 0 Å². The van der Waals surface area contributed by atoms with Gasteiger partial charge in [0, 0.05) is 0 Å². The minimum absolute atomic E-state index is 0.350. The normalized spacial score (nSPS) is 28.3. The van der Waals surface area contributed by atoms with E-state index in [1.165, 1.54) is 12.1 Å². The summed E-state index contributed by atoms with van der Waals surface area (Å²) in [5.74, 6) is -1.18. The van der Waals surface area contributed by atoms with Crippen LogP contribution >= 0.6 is 0 Å². The van der Waals surface area contributed by atoms with E-state index in [9.17, 15) is 9.50 Å². The van der Waals surface area contributed by atoms with Crippen molar-refractivity contribution in [1.82, 2.24) is 0 Å². The van der Waals surface area contributed by atoms with Gasteiger partial charge in [0.2, 0.25) is 0 Å². The van der Waals surface area contributed by atoms with Gasteiger partial charge >= 0.3 is 0 Å². The van der Waals surface area contributed by atoms with Crippen LogP contribution in [0.4, 0.5) is 4.39 Å². The minimum Gasteiger partial charge on any atom is -0.384 e. The lowest BCUT2D eigenvalue weighted by molar-refractivity contribution is -0.457. The third kappa shape index (κ3) is 1.21. The molecule has 1 aromatic carbocycles. The van der Waals surface area contributed by atoms with Crippen molar-refractivity contribution in [3.63, 3.8) is 0 Å². The molecule has 1 N–H and O–H groups in total. The minimum atomic E-state index is -1.22. The van der Waals surface area contributed by atoms with Gasteiger partial charge in [-0.15, -0.1) is 0 Å². The molecule has 1 saturated heterocycles. The molecule has 1 saturated carbocycles. The zero-order chi connectivity index (χ0) is 14.8. The summed E-state index contributed by atoms with van der Waals surface area (Å²) >= 11 is 0. The van der Waals surface area contributed by atoms with Gasteiger partial charge in [0.05, 0.1) is 24.0 Å². The lowest BCUT2D eigenvalue weighted by Gasteiger charge is -2.73. The van der Waals surface area contributed by atoms with Crippen LogP contribution in [0.15, 0.2) is 24.3 Å². The molecule has 0 amide bonds. The van der Waals surface area contributed by atoms with Crippen molar-refractivity contribution in [2.24, 2.45) is 10.8 Å². The summed E-state index contributed by atoms with van der Waals surface area (Å²) in [7, 11) is 0. The van der Waals surface area contributed by atoms with Crippen LogP contribution in [0.3, 0.4) is 0 Å². The number of aliphatic hydroxyl groups is 1. The van der Waals surface area contributed by atoms with Crippen molar-refractivity contribution >= 4 is 0 Å². The molecule has 0 unspecified atom stereocenters.